The van der Waals surface area contributed by atoms with Crippen molar-refractivity contribution in [1.29, 1.82) is 0 Å². The molecule has 18 heavy (non-hydrogen) atoms. The number of aryl methyl sites for hydroxylation is 1. The van der Waals surface area contributed by atoms with E-state index in [1.807, 2.05) is 18.3 Å². The molecule has 1 aromatic rings. The summed E-state index contributed by atoms with van der Waals surface area (Å²) in [6.07, 6.45) is 14.0. The molecule has 1 aliphatic rings. The first-order valence-corrected chi connectivity index (χ1v) is 7.20. The molecule has 0 saturated carbocycles. The molecule has 0 aliphatic heterocycles. The molecule has 0 fully saturated rings. The third-order valence-electron chi connectivity index (χ3n) is 3.74. The van der Waals surface area contributed by atoms with Crippen LogP contribution in [0.2, 0.25) is 0 Å². The Balaban J connectivity index is 1.84. The van der Waals surface area contributed by atoms with Crippen molar-refractivity contribution in [3.63, 3.8) is 0 Å². The second kappa shape index (κ2) is 7.32. The molecule has 1 unspecified atom stereocenters. The average Bonchev–Trinajstić information content (AvgIpc) is 2.37. The van der Waals surface area contributed by atoms with Gasteiger partial charge in [-0.15, -0.1) is 0 Å². The van der Waals surface area contributed by atoms with Crippen LogP contribution >= 0.6 is 0 Å². The van der Waals surface area contributed by atoms with E-state index >= 15 is 0 Å². The van der Waals surface area contributed by atoms with Crippen molar-refractivity contribution in [2.45, 2.75) is 57.4 Å². The SMILES string of the molecule is NC(CCc1ccccn1)/C1=C/CCCCCC1. The van der Waals surface area contributed by atoms with Crippen LogP contribution in [0, 0.1) is 0 Å². The van der Waals surface area contributed by atoms with Gasteiger partial charge in [-0.05, 0) is 50.7 Å². The monoisotopic (exact) mass is 244 g/mol. The first kappa shape index (κ1) is 13.3. The predicted octanol–water partition coefficient (Wildman–Crippen LogP) is 3.62. The summed E-state index contributed by atoms with van der Waals surface area (Å²) >= 11 is 0. The van der Waals surface area contributed by atoms with Gasteiger partial charge >= 0.3 is 0 Å². The van der Waals surface area contributed by atoms with E-state index in [0.29, 0.717) is 0 Å². The van der Waals surface area contributed by atoms with Gasteiger partial charge in [-0.25, -0.2) is 0 Å². The fraction of sp³-hybridized carbons (Fsp3) is 0.562. The maximum absolute atomic E-state index is 6.32. The van der Waals surface area contributed by atoms with E-state index < -0.39 is 0 Å². The fourth-order valence-corrected chi connectivity index (χ4v) is 2.59. The van der Waals surface area contributed by atoms with E-state index in [0.717, 1.165) is 18.5 Å². The Labute approximate surface area is 110 Å². The molecule has 98 valence electrons. The van der Waals surface area contributed by atoms with E-state index in [1.54, 1.807) is 0 Å². The summed E-state index contributed by atoms with van der Waals surface area (Å²) in [6, 6.07) is 6.31. The van der Waals surface area contributed by atoms with Gasteiger partial charge < -0.3 is 5.73 Å². The molecular formula is C16H24N2. The third kappa shape index (κ3) is 4.26. The Morgan fingerprint density at radius 1 is 1.17 bits per heavy atom. The van der Waals surface area contributed by atoms with E-state index in [9.17, 15) is 0 Å². The van der Waals surface area contributed by atoms with Gasteiger partial charge in [0, 0.05) is 17.9 Å². The molecule has 0 radical (unpaired) electrons. The Bertz CT molecular complexity index is 370. The summed E-state index contributed by atoms with van der Waals surface area (Å²) in [6.45, 7) is 0. The van der Waals surface area contributed by atoms with Crippen LogP contribution in [0.5, 0.6) is 0 Å². The molecule has 0 bridgehead atoms. The van der Waals surface area contributed by atoms with Crippen LogP contribution in [0.15, 0.2) is 36.0 Å². The zero-order valence-electron chi connectivity index (χ0n) is 11.1. The van der Waals surface area contributed by atoms with Crippen LogP contribution in [0.25, 0.3) is 0 Å². The second-order valence-corrected chi connectivity index (χ2v) is 5.20. The lowest BCUT2D eigenvalue weighted by molar-refractivity contribution is 0.580. The Morgan fingerprint density at radius 3 is 2.89 bits per heavy atom. The minimum atomic E-state index is 0.227. The summed E-state index contributed by atoms with van der Waals surface area (Å²) in [4.78, 5) is 4.35. The highest BCUT2D eigenvalue weighted by molar-refractivity contribution is 5.12. The molecule has 1 heterocycles. The molecule has 1 aliphatic carbocycles. The highest BCUT2D eigenvalue weighted by Gasteiger charge is 2.11. The van der Waals surface area contributed by atoms with E-state index in [-0.39, 0.29) is 6.04 Å². The summed E-state index contributed by atoms with van der Waals surface area (Å²) in [5.74, 6) is 0. The molecule has 0 saturated heterocycles. The van der Waals surface area contributed by atoms with Crippen molar-refractivity contribution in [3.8, 4) is 0 Å². The molecule has 0 aromatic carbocycles. The topological polar surface area (TPSA) is 38.9 Å². The fourth-order valence-electron chi connectivity index (χ4n) is 2.59. The maximum Gasteiger partial charge on any atom is 0.0404 e. The van der Waals surface area contributed by atoms with Crippen molar-refractivity contribution >= 4 is 0 Å². The largest absolute Gasteiger partial charge is 0.324 e. The molecule has 0 spiro atoms. The number of allylic oxidation sites excluding steroid dienone is 1. The normalized spacial score (nSPS) is 21.5. The Hall–Kier alpha value is -1.15. The lowest BCUT2D eigenvalue weighted by Gasteiger charge is -2.18. The number of hydrogen-bond acceptors (Lipinski definition) is 2. The maximum atomic E-state index is 6.32. The Morgan fingerprint density at radius 2 is 2.06 bits per heavy atom. The zero-order chi connectivity index (χ0) is 12.6. The van der Waals surface area contributed by atoms with Crippen molar-refractivity contribution in [3.05, 3.63) is 41.7 Å². The number of nitrogens with zero attached hydrogens (tertiary/aromatic N) is 1. The first-order chi connectivity index (χ1) is 8.86. The summed E-state index contributed by atoms with van der Waals surface area (Å²) in [7, 11) is 0. The molecule has 2 N–H and O–H groups in total. The van der Waals surface area contributed by atoms with E-state index in [2.05, 4.69) is 17.1 Å². The van der Waals surface area contributed by atoms with Crippen LogP contribution in [0.4, 0.5) is 0 Å². The molecule has 2 rings (SSSR count). The van der Waals surface area contributed by atoms with Gasteiger partial charge in [0.1, 0.15) is 0 Å². The summed E-state index contributed by atoms with van der Waals surface area (Å²) < 4.78 is 0. The Kier molecular flexibility index (Phi) is 5.40. The van der Waals surface area contributed by atoms with Gasteiger partial charge in [-0.1, -0.05) is 30.6 Å². The number of pyridine rings is 1. The van der Waals surface area contributed by atoms with Gasteiger partial charge in [0.2, 0.25) is 0 Å². The minimum absolute atomic E-state index is 0.227. The third-order valence-corrected chi connectivity index (χ3v) is 3.74. The van der Waals surface area contributed by atoms with Crippen molar-refractivity contribution in [2.24, 2.45) is 5.73 Å². The molecular weight excluding hydrogens is 220 g/mol. The quantitative estimate of drug-likeness (QED) is 0.822. The summed E-state index contributed by atoms with van der Waals surface area (Å²) in [5, 5.41) is 0. The number of hydrogen-bond donors (Lipinski definition) is 1. The average molecular weight is 244 g/mol. The van der Waals surface area contributed by atoms with Crippen molar-refractivity contribution in [2.75, 3.05) is 0 Å². The van der Waals surface area contributed by atoms with Crippen LogP contribution in [-0.2, 0) is 6.42 Å². The second-order valence-electron chi connectivity index (χ2n) is 5.20. The predicted molar refractivity (Wildman–Crippen MR) is 76.3 cm³/mol. The van der Waals surface area contributed by atoms with Crippen LogP contribution in [0.3, 0.4) is 0 Å². The molecule has 2 nitrogen and oxygen atoms in total. The first-order valence-electron chi connectivity index (χ1n) is 7.20. The number of aromatic nitrogens is 1. The van der Waals surface area contributed by atoms with Gasteiger partial charge in [0.15, 0.2) is 0 Å². The van der Waals surface area contributed by atoms with Gasteiger partial charge in [0.25, 0.3) is 0 Å². The van der Waals surface area contributed by atoms with Crippen LogP contribution in [0.1, 0.15) is 50.6 Å². The molecule has 1 aromatic heterocycles. The molecule has 0 amide bonds. The lowest BCUT2D eigenvalue weighted by Crippen LogP contribution is -2.24. The lowest BCUT2D eigenvalue weighted by atomic mass is 9.93. The smallest absolute Gasteiger partial charge is 0.0404 e. The molecule has 1 atom stereocenters. The number of rotatable bonds is 4. The van der Waals surface area contributed by atoms with E-state index in [1.165, 1.54) is 44.1 Å². The highest BCUT2D eigenvalue weighted by atomic mass is 14.7. The van der Waals surface area contributed by atoms with Crippen molar-refractivity contribution in [1.82, 2.24) is 4.98 Å². The van der Waals surface area contributed by atoms with Gasteiger partial charge in [-0.3, -0.25) is 4.98 Å². The van der Waals surface area contributed by atoms with Crippen molar-refractivity contribution < 1.29 is 0 Å². The zero-order valence-corrected chi connectivity index (χ0v) is 11.1. The van der Waals surface area contributed by atoms with Crippen LogP contribution in [-0.4, -0.2) is 11.0 Å². The summed E-state index contributed by atoms with van der Waals surface area (Å²) in [5.41, 5.74) is 8.95. The minimum Gasteiger partial charge on any atom is -0.324 e. The van der Waals surface area contributed by atoms with Gasteiger partial charge in [0.05, 0.1) is 0 Å². The van der Waals surface area contributed by atoms with Crippen LogP contribution < -0.4 is 5.73 Å². The number of nitrogens with two attached hydrogens (primary N) is 1. The van der Waals surface area contributed by atoms with Gasteiger partial charge in [-0.2, -0.15) is 0 Å². The van der Waals surface area contributed by atoms with E-state index in [4.69, 9.17) is 5.73 Å². The molecule has 2 heteroatoms. The highest BCUT2D eigenvalue weighted by Crippen LogP contribution is 2.20. The standard InChI is InChI=1S/C16H24N2/c17-16(12-11-15-10-6-7-13-18-15)14-8-4-2-1-3-5-9-14/h6-8,10,13,16H,1-5,9,11-12,17H2/b14-8+.